The lowest BCUT2D eigenvalue weighted by Gasteiger charge is -1.98. The quantitative estimate of drug-likeness (QED) is 0.859. The fourth-order valence-electron chi connectivity index (χ4n) is 1.62. The van der Waals surface area contributed by atoms with Crippen LogP contribution in [0.15, 0.2) is 28.7 Å². The molecule has 0 radical (unpaired) electrons. The molecule has 84 valence electrons. The second-order valence-corrected chi connectivity index (χ2v) is 3.48. The van der Waals surface area contributed by atoms with Crippen LogP contribution in [-0.2, 0) is 11.2 Å². The standard InChI is InChI=1S/C12H12O4/c1-15-10-3-2-4-11-9(10)7-8(16-11)5-6-12(13)14/h2-4,7H,5-6H2,1H3,(H,13,14). The monoisotopic (exact) mass is 220 g/mol. The van der Waals surface area contributed by atoms with Gasteiger partial charge in [-0.3, -0.25) is 4.79 Å². The number of ether oxygens (including phenoxy) is 1. The minimum atomic E-state index is -0.826. The van der Waals surface area contributed by atoms with Crippen LogP contribution < -0.4 is 4.74 Å². The summed E-state index contributed by atoms with van der Waals surface area (Å²) in [6.07, 6.45) is 0.468. The van der Waals surface area contributed by atoms with E-state index in [0.29, 0.717) is 12.2 Å². The Morgan fingerprint density at radius 3 is 3.00 bits per heavy atom. The van der Waals surface area contributed by atoms with E-state index < -0.39 is 5.97 Å². The molecular formula is C12H12O4. The van der Waals surface area contributed by atoms with Crippen molar-refractivity contribution < 1.29 is 19.1 Å². The zero-order valence-electron chi connectivity index (χ0n) is 8.90. The largest absolute Gasteiger partial charge is 0.496 e. The smallest absolute Gasteiger partial charge is 0.303 e. The van der Waals surface area contributed by atoms with Crippen LogP contribution in [0.5, 0.6) is 5.75 Å². The first-order chi connectivity index (χ1) is 7.70. The van der Waals surface area contributed by atoms with Crippen molar-refractivity contribution in [1.29, 1.82) is 0 Å². The van der Waals surface area contributed by atoms with Crippen LogP contribution in [0, 0.1) is 0 Å². The molecule has 16 heavy (non-hydrogen) atoms. The van der Waals surface area contributed by atoms with Gasteiger partial charge < -0.3 is 14.3 Å². The number of hydrogen-bond acceptors (Lipinski definition) is 3. The van der Waals surface area contributed by atoms with Gasteiger partial charge in [0, 0.05) is 6.42 Å². The number of aryl methyl sites for hydroxylation is 1. The molecule has 0 bridgehead atoms. The summed E-state index contributed by atoms with van der Waals surface area (Å²) in [5.41, 5.74) is 0.722. The molecule has 0 saturated heterocycles. The number of benzene rings is 1. The van der Waals surface area contributed by atoms with Gasteiger partial charge in [0.05, 0.1) is 18.9 Å². The topological polar surface area (TPSA) is 59.7 Å². The Kier molecular flexibility index (Phi) is 2.81. The molecular weight excluding hydrogens is 208 g/mol. The number of aliphatic carboxylic acids is 1. The zero-order valence-corrected chi connectivity index (χ0v) is 8.90. The highest BCUT2D eigenvalue weighted by molar-refractivity contribution is 5.84. The van der Waals surface area contributed by atoms with Gasteiger partial charge >= 0.3 is 5.97 Å². The number of carboxylic acid groups (broad SMARTS) is 1. The fourth-order valence-corrected chi connectivity index (χ4v) is 1.62. The van der Waals surface area contributed by atoms with Crippen LogP contribution in [0.2, 0.25) is 0 Å². The van der Waals surface area contributed by atoms with Gasteiger partial charge in [0.2, 0.25) is 0 Å². The average molecular weight is 220 g/mol. The van der Waals surface area contributed by atoms with Crippen LogP contribution in [0.3, 0.4) is 0 Å². The third kappa shape index (κ3) is 2.00. The molecule has 1 aromatic carbocycles. The number of carboxylic acids is 1. The average Bonchev–Trinajstić information content (AvgIpc) is 2.68. The summed E-state index contributed by atoms with van der Waals surface area (Å²) in [6.45, 7) is 0. The first-order valence-electron chi connectivity index (χ1n) is 4.98. The van der Waals surface area contributed by atoms with Crippen molar-refractivity contribution >= 4 is 16.9 Å². The van der Waals surface area contributed by atoms with Gasteiger partial charge in [0.25, 0.3) is 0 Å². The first-order valence-corrected chi connectivity index (χ1v) is 4.98. The van der Waals surface area contributed by atoms with Crippen molar-refractivity contribution in [2.45, 2.75) is 12.8 Å². The predicted octanol–water partition coefficient (Wildman–Crippen LogP) is 2.46. The van der Waals surface area contributed by atoms with E-state index in [-0.39, 0.29) is 6.42 Å². The van der Waals surface area contributed by atoms with Gasteiger partial charge in [-0.25, -0.2) is 0 Å². The predicted molar refractivity (Wildman–Crippen MR) is 58.7 cm³/mol. The summed E-state index contributed by atoms with van der Waals surface area (Å²) in [5.74, 6) is 0.581. The fraction of sp³-hybridized carbons (Fsp3) is 0.250. The van der Waals surface area contributed by atoms with Crippen LogP contribution in [0.4, 0.5) is 0 Å². The SMILES string of the molecule is COc1cccc2oc(CCC(=O)O)cc12. The number of fused-ring (bicyclic) bond motifs is 1. The van der Waals surface area contributed by atoms with E-state index in [1.54, 1.807) is 7.11 Å². The summed E-state index contributed by atoms with van der Waals surface area (Å²) in [6, 6.07) is 7.35. The maximum atomic E-state index is 10.4. The molecule has 0 atom stereocenters. The minimum absolute atomic E-state index is 0.0716. The second kappa shape index (κ2) is 4.26. The molecule has 2 aromatic rings. The lowest BCUT2D eigenvalue weighted by molar-refractivity contribution is -0.137. The Bertz CT molecular complexity index is 513. The van der Waals surface area contributed by atoms with E-state index in [2.05, 4.69) is 0 Å². The lowest BCUT2D eigenvalue weighted by atomic mass is 10.2. The van der Waals surface area contributed by atoms with Gasteiger partial charge in [-0.15, -0.1) is 0 Å². The molecule has 1 N–H and O–H groups in total. The van der Waals surface area contributed by atoms with Crippen molar-refractivity contribution in [1.82, 2.24) is 0 Å². The third-order valence-electron chi connectivity index (χ3n) is 2.38. The summed E-state index contributed by atoms with van der Waals surface area (Å²) >= 11 is 0. The number of methoxy groups -OCH3 is 1. The number of rotatable bonds is 4. The third-order valence-corrected chi connectivity index (χ3v) is 2.38. The van der Waals surface area contributed by atoms with Crippen molar-refractivity contribution in [3.8, 4) is 5.75 Å². The van der Waals surface area contributed by atoms with Crippen molar-refractivity contribution in [2.24, 2.45) is 0 Å². The highest BCUT2D eigenvalue weighted by atomic mass is 16.5. The van der Waals surface area contributed by atoms with Crippen LogP contribution >= 0.6 is 0 Å². The van der Waals surface area contributed by atoms with Crippen LogP contribution in [0.25, 0.3) is 11.0 Å². The molecule has 2 rings (SSSR count). The van der Waals surface area contributed by atoms with Gasteiger partial charge in [-0.1, -0.05) is 6.07 Å². The van der Waals surface area contributed by atoms with Gasteiger partial charge in [0.15, 0.2) is 0 Å². The first kappa shape index (κ1) is 10.5. The van der Waals surface area contributed by atoms with Crippen LogP contribution in [-0.4, -0.2) is 18.2 Å². The molecule has 0 aliphatic heterocycles. The maximum absolute atomic E-state index is 10.4. The van der Waals surface area contributed by atoms with Crippen molar-refractivity contribution in [2.75, 3.05) is 7.11 Å². The number of furan rings is 1. The molecule has 0 aliphatic carbocycles. The van der Waals surface area contributed by atoms with E-state index in [9.17, 15) is 4.79 Å². The molecule has 4 heteroatoms. The maximum Gasteiger partial charge on any atom is 0.303 e. The molecule has 1 heterocycles. The number of carbonyl (C=O) groups is 1. The van der Waals surface area contributed by atoms with Crippen molar-refractivity contribution in [3.05, 3.63) is 30.0 Å². The molecule has 0 fully saturated rings. The Morgan fingerprint density at radius 1 is 1.50 bits per heavy atom. The zero-order chi connectivity index (χ0) is 11.5. The van der Waals surface area contributed by atoms with E-state index in [0.717, 1.165) is 16.7 Å². The van der Waals surface area contributed by atoms with Crippen LogP contribution in [0.1, 0.15) is 12.2 Å². The number of hydrogen-bond donors (Lipinski definition) is 1. The Labute approximate surface area is 92.4 Å². The minimum Gasteiger partial charge on any atom is -0.496 e. The molecule has 4 nitrogen and oxygen atoms in total. The van der Waals surface area contributed by atoms with Gasteiger partial charge in [0.1, 0.15) is 17.1 Å². The Hall–Kier alpha value is -1.97. The van der Waals surface area contributed by atoms with Crippen molar-refractivity contribution in [3.63, 3.8) is 0 Å². The molecule has 0 saturated carbocycles. The summed E-state index contributed by atoms with van der Waals surface area (Å²) < 4.78 is 10.7. The van der Waals surface area contributed by atoms with E-state index in [4.69, 9.17) is 14.3 Å². The van der Waals surface area contributed by atoms with Gasteiger partial charge in [-0.05, 0) is 18.2 Å². The van der Waals surface area contributed by atoms with E-state index >= 15 is 0 Å². The molecule has 0 aliphatic rings. The second-order valence-electron chi connectivity index (χ2n) is 3.48. The highest BCUT2D eigenvalue weighted by Gasteiger charge is 2.09. The normalized spacial score (nSPS) is 10.6. The van der Waals surface area contributed by atoms with Gasteiger partial charge in [-0.2, -0.15) is 0 Å². The summed E-state index contributed by atoms with van der Waals surface area (Å²) in [7, 11) is 1.60. The summed E-state index contributed by atoms with van der Waals surface area (Å²) in [5, 5.41) is 9.46. The molecule has 1 aromatic heterocycles. The summed E-state index contributed by atoms with van der Waals surface area (Å²) in [4.78, 5) is 10.4. The Morgan fingerprint density at radius 2 is 2.31 bits per heavy atom. The molecule has 0 spiro atoms. The molecule has 0 amide bonds. The van der Waals surface area contributed by atoms with E-state index in [1.165, 1.54) is 0 Å². The Balaban J connectivity index is 2.32. The highest BCUT2D eigenvalue weighted by Crippen LogP contribution is 2.28. The lowest BCUT2D eigenvalue weighted by Crippen LogP contribution is -1.95. The van der Waals surface area contributed by atoms with E-state index in [1.807, 2.05) is 24.3 Å². The molecule has 0 unspecified atom stereocenters.